The molecule has 0 bridgehead atoms. The van der Waals surface area contributed by atoms with Gasteiger partial charge in [-0.25, -0.2) is 0 Å². The molecule has 1 aliphatic heterocycles. The lowest BCUT2D eigenvalue weighted by molar-refractivity contribution is -0.136. The number of ether oxygens (including phenoxy) is 1. The minimum absolute atomic E-state index is 0.0588. The van der Waals surface area contributed by atoms with Gasteiger partial charge in [0.2, 0.25) is 0 Å². The van der Waals surface area contributed by atoms with E-state index >= 15 is 0 Å². The van der Waals surface area contributed by atoms with Gasteiger partial charge in [0.15, 0.2) is 6.10 Å². The topological polar surface area (TPSA) is 53.3 Å². The second-order valence-corrected chi connectivity index (χ2v) is 4.09. The number of amides is 1. The fourth-order valence-electron chi connectivity index (χ4n) is 1.89. The van der Waals surface area contributed by atoms with Crippen LogP contribution in [-0.2, 0) is 11.2 Å². The van der Waals surface area contributed by atoms with Crippen LogP contribution >= 0.6 is 0 Å². The van der Waals surface area contributed by atoms with Crippen LogP contribution in [0.25, 0.3) is 0 Å². The van der Waals surface area contributed by atoms with Crippen LogP contribution in [0.15, 0.2) is 24.3 Å². The van der Waals surface area contributed by atoms with E-state index in [1.165, 1.54) is 0 Å². The summed E-state index contributed by atoms with van der Waals surface area (Å²) in [6, 6.07) is 9.70. The molecule has 88 valence electrons. The lowest BCUT2D eigenvalue weighted by Gasteiger charge is -2.19. The Morgan fingerprint density at radius 1 is 1.59 bits per heavy atom. The summed E-state index contributed by atoms with van der Waals surface area (Å²) in [5.41, 5.74) is 1.07. The zero-order valence-electron chi connectivity index (χ0n) is 9.72. The van der Waals surface area contributed by atoms with E-state index < -0.39 is 6.10 Å². The Bertz CT molecular complexity index is 440. The summed E-state index contributed by atoms with van der Waals surface area (Å²) < 4.78 is 5.60. The van der Waals surface area contributed by atoms with Gasteiger partial charge in [-0.15, -0.1) is 0 Å². The molecule has 1 aromatic carbocycles. The molecule has 0 radical (unpaired) electrons. The Morgan fingerprint density at radius 2 is 2.35 bits per heavy atom. The molecule has 1 aliphatic rings. The maximum absolute atomic E-state index is 12.0. The molecule has 0 spiro atoms. The Balaban J connectivity index is 1.99. The number of para-hydroxylation sites is 1. The third-order valence-corrected chi connectivity index (χ3v) is 2.86. The molecule has 0 fully saturated rings. The summed E-state index contributed by atoms with van der Waals surface area (Å²) in [4.78, 5) is 13.6. The molecule has 1 heterocycles. The Labute approximate surface area is 100 Å². The van der Waals surface area contributed by atoms with Gasteiger partial charge >= 0.3 is 0 Å². The molecule has 0 saturated carbocycles. The summed E-state index contributed by atoms with van der Waals surface area (Å²) in [7, 11) is 1.70. The fourth-order valence-corrected chi connectivity index (χ4v) is 1.89. The van der Waals surface area contributed by atoms with Gasteiger partial charge in [-0.1, -0.05) is 18.2 Å². The number of nitriles is 1. The molecule has 0 aliphatic carbocycles. The van der Waals surface area contributed by atoms with Gasteiger partial charge in [0.25, 0.3) is 5.91 Å². The van der Waals surface area contributed by atoms with Gasteiger partial charge in [-0.3, -0.25) is 4.79 Å². The quantitative estimate of drug-likeness (QED) is 0.787. The van der Waals surface area contributed by atoms with Gasteiger partial charge in [0.1, 0.15) is 5.75 Å². The zero-order chi connectivity index (χ0) is 12.3. The number of hydrogen-bond donors (Lipinski definition) is 0. The van der Waals surface area contributed by atoms with Gasteiger partial charge in [-0.05, 0) is 11.6 Å². The highest BCUT2D eigenvalue weighted by Gasteiger charge is 2.30. The number of likely N-dealkylation sites (N-methyl/N-ethyl adjacent to an activating group) is 1. The highest BCUT2D eigenvalue weighted by atomic mass is 16.5. The second-order valence-electron chi connectivity index (χ2n) is 4.09. The molecule has 1 aromatic rings. The van der Waals surface area contributed by atoms with Crippen LogP contribution in [0.1, 0.15) is 12.0 Å². The monoisotopic (exact) mass is 230 g/mol. The summed E-state index contributed by atoms with van der Waals surface area (Å²) in [6.45, 7) is 0.450. The molecule has 0 aromatic heterocycles. The number of carbonyl (C=O) groups is 1. The number of nitrogens with zero attached hydrogens (tertiary/aromatic N) is 2. The molecule has 4 nitrogen and oxygen atoms in total. The van der Waals surface area contributed by atoms with Gasteiger partial charge in [0.05, 0.1) is 12.5 Å². The Kier molecular flexibility index (Phi) is 3.29. The average molecular weight is 230 g/mol. The van der Waals surface area contributed by atoms with E-state index in [4.69, 9.17) is 10.00 Å². The SMILES string of the molecule is CN(CCC#N)C(=O)C1Cc2ccccc2O1. The third kappa shape index (κ3) is 2.39. The molecule has 1 amide bonds. The largest absolute Gasteiger partial charge is 0.480 e. The minimum atomic E-state index is -0.434. The number of hydrogen-bond acceptors (Lipinski definition) is 3. The van der Waals surface area contributed by atoms with Crippen LogP contribution in [0, 0.1) is 11.3 Å². The molecule has 2 rings (SSSR count). The first-order valence-electron chi connectivity index (χ1n) is 5.59. The lowest BCUT2D eigenvalue weighted by atomic mass is 10.1. The maximum Gasteiger partial charge on any atom is 0.263 e. The van der Waals surface area contributed by atoms with Crippen molar-refractivity contribution in [2.45, 2.75) is 18.9 Å². The van der Waals surface area contributed by atoms with Crippen molar-refractivity contribution in [1.82, 2.24) is 4.90 Å². The highest BCUT2D eigenvalue weighted by Crippen LogP contribution is 2.28. The van der Waals surface area contributed by atoms with Crippen molar-refractivity contribution in [1.29, 1.82) is 5.26 Å². The van der Waals surface area contributed by atoms with Crippen molar-refractivity contribution >= 4 is 5.91 Å². The smallest absolute Gasteiger partial charge is 0.263 e. The lowest BCUT2D eigenvalue weighted by Crippen LogP contribution is -2.39. The van der Waals surface area contributed by atoms with Crippen LogP contribution in [0.4, 0.5) is 0 Å². The number of carbonyl (C=O) groups excluding carboxylic acids is 1. The predicted octanol–water partition coefficient (Wildman–Crippen LogP) is 1.36. The molecule has 17 heavy (non-hydrogen) atoms. The number of rotatable bonds is 3. The summed E-state index contributed by atoms with van der Waals surface area (Å²) >= 11 is 0. The second kappa shape index (κ2) is 4.88. The molecule has 1 atom stereocenters. The molecular weight excluding hydrogens is 216 g/mol. The highest BCUT2D eigenvalue weighted by molar-refractivity contribution is 5.82. The number of benzene rings is 1. The summed E-state index contributed by atoms with van der Waals surface area (Å²) in [5, 5.41) is 8.49. The third-order valence-electron chi connectivity index (χ3n) is 2.86. The van der Waals surface area contributed by atoms with Crippen molar-refractivity contribution in [3.63, 3.8) is 0 Å². The molecule has 4 heteroatoms. The van der Waals surface area contributed by atoms with Gasteiger partial charge < -0.3 is 9.64 Å². The molecule has 0 saturated heterocycles. The van der Waals surface area contributed by atoms with E-state index in [1.54, 1.807) is 11.9 Å². The molecule has 0 N–H and O–H groups in total. The standard InChI is InChI=1S/C13H14N2O2/c1-15(8-4-7-14)13(16)12-9-10-5-2-3-6-11(10)17-12/h2-3,5-6,12H,4,8-9H2,1H3. The summed E-state index contributed by atoms with van der Waals surface area (Å²) in [6.07, 6.45) is 0.532. The van der Waals surface area contributed by atoms with E-state index in [9.17, 15) is 4.79 Å². The fraction of sp³-hybridized carbons (Fsp3) is 0.385. The van der Waals surface area contributed by atoms with E-state index in [-0.39, 0.29) is 5.91 Å². The van der Waals surface area contributed by atoms with Crippen LogP contribution in [0.2, 0.25) is 0 Å². The van der Waals surface area contributed by atoms with Gasteiger partial charge in [0, 0.05) is 20.0 Å². The normalized spacial score (nSPS) is 16.8. The van der Waals surface area contributed by atoms with Crippen LogP contribution in [0.5, 0.6) is 5.75 Å². The van der Waals surface area contributed by atoms with Crippen LogP contribution in [-0.4, -0.2) is 30.5 Å². The van der Waals surface area contributed by atoms with E-state index in [0.717, 1.165) is 11.3 Å². The van der Waals surface area contributed by atoms with Crippen molar-refractivity contribution in [2.75, 3.05) is 13.6 Å². The number of fused-ring (bicyclic) bond motifs is 1. The van der Waals surface area contributed by atoms with Crippen molar-refractivity contribution in [3.8, 4) is 11.8 Å². The van der Waals surface area contributed by atoms with Crippen molar-refractivity contribution in [3.05, 3.63) is 29.8 Å². The molecular formula is C13H14N2O2. The first-order chi connectivity index (χ1) is 8.22. The van der Waals surface area contributed by atoms with Crippen LogP contribution < -0.4 is 4.74 Å². The van der Waals surface area contributed by atoms with Crippen molar-refractivity contribution in [2.24, 2.45) is 0 Å². The average Bonchev–Trinajstić information content (AvgIpc) is 2.78. The zero-order valence-corrected chi connectivity index (χ0v) is 9.72. The first-order valence-corrected chi connectivity index (χ1v) is 5.59. The minimum Gasteiger partial charge on any atom is -0.480 e. The Hall–Kier alpha value is -2.02. The van der Waals surface area contributed by atoms with E-state index in [0.29, 0.717) is 19.4 Å². The maximum atomic E-state index is 12.0. The summed E-state index contributed by atoms with van der Waals surface area (Å²) in [5.74, 6) is 0.732. The van der Waals surface area contributed by atoms with Gasteiger partial charge in [-0.2, -0.15) is 5.26 Å². The Morgan fingerprint density at radius 3 is 3.06 bits per heavy atom. The molecule has 1 unspecified atom stereocenters. The first kappa shape index (κ1) is 11.5. The predicted molar refractivity (Wildman–Crippen MR) is 62.4 cm³/mol. The van der Waals surface area contributed by atoms with E-state index in [1.807, 2.05) is 30.3 Å². The van der Waals surface area contributed by atoms with Crippen molar-refractivity contribution < 1.29 is 9.53 Å². The van der Waals surface area contributed by atoms with E-state index in [2.05, 4.69) is 0 Å². The van der Waals surface area contributed by atoms with Crippen LogP contribution in [0.3, 0.4) is 0 Å².